The van der Waals surface area contributed by atoms with Crippen LogP contribution in [0.15, 0.2) is 29.3 Å². The quantitative estimate of drug-likeness (QED) is 0.533. The third kappa shape index (κ3) is 2.66. The lowest BCUT2D eigenvalue weighted by molar-refractivity contribution is 0.322. The highest BCUT2D eigenvalue weighted by Crippen LogP contribution is 2.24. The van der Waals surface area contributed by atoms with Crippen LogP contribution in [0.3, 0.4) is 0 Å². The van der Waals surface area contributed by atoms with E-state index in [0.29, 0.717) is 12.3 Å². The van der Waals surface area contributed by atoms with Crippen molar-refractivity contribution in [1.82, 2.24) is 0 Å². The van der Waals surface area contributed by atoms with E-state index >= 15 is 0 Å². The number of hydrogen-bond donors (Lipinski definition) is 2. The van der Waals surface area contributed by atoms with Crippen LogP contribution >= 0.6 is 0 Å². The van der Waals surface area contributed by atoms with E-state index in [0.717, 1.165) is 0 Å². The molecule has 0 fully saturated rings. The Hall–Kier alpha value is -1.71. The molecule has 1 aromatic rings. The van der Waals surface area contributed by atoms with Gasteiger partial charge in [-0.05, 0) is 19.1 Å². The van der Waals surface area contributed by atoms with Crippen molar-refractivity contribution in [2.45, 2.75) is 6.92 Å². The zero-order chi connectivity index (χ0) is 9.68. The molecule has 0 aliphatic carbocycles. The van der Waals surface area contributed by atoms with Crippen molar-refractivity contribution in [3.8, 4) is 5.75 Å². The summed E-state index contributed by atoms with van der Waals surface area (Å²) in [6.07, 6.45) is 0. The molecular formula is C9H12N2O2. The first-order valence-electron chi connectivity index (χ1n) is 3.99. The van der Waals surface area contributed by atoms with Crippen molar-refractivity contribution in [2.75, 3.05) is 6.61 Å². The molecule has 0 aliphatic heterocycles. The summed E-state index contributed by atoms with van der Waals surface area (Å²) in [6, 6.07) is 6.73. The summed E-state index contributed by atoms with van der Waals surface area (Å²) >= 11 is 0. The van der Waals surface area contributed by atoms with E-state index in [2.05, 4.69) is 4.99 Å². The monoisotopic (exact) mass is 180 g/mol. The van der Waals surface area contributed by atoms with Gasteiger partial charge in [-0.2, -0.15) is 4.99 Å². The minimum absolute atomic E-state index is 0.0593. The van der Waals surface area contributed by atoms with Gasteiger partial charge in [0.25, 0.3) is 6.02 Å². The van der Waals surface area contributed by atoms with Gasteiger partial charge >= 0.3 is 0 Å². The maximum atomic E-state index is 9.31. The lowest BCUT2D eigenvalue weighted by Gasteiger charge is -2.01. The second kappa shape index (κ2) is 4.35. The average molecular weight is 180 g/mol. The van der Waals surface area contributed by atoms with Crippen LogP contribution in [-0.2, 0) is 4.74 Å². The molecule has 0 spiro atoms. The van der Waals surface area contributed by atoms with Crippen LogP contribution in [0.1, 0.15) is 6.92 Å². The molecule has 0 saturated carbocycles. The van der Waals surface area contributed by atoms with Crippen LogP contribution in [0.5, 0.6) is 5.75 Å². The van der Waals surface area contributed by atoms with E-state index < -0.39 is 0 Å². The molecule has 13 heavy (non-hydrogen) atoms. The summed E-state index contributed by atoms with van der Waals surface area (Å²) in [5, 5.41) is 9.31. The molecule has 0 heterocycles. The summed E-state index contributed by atoms with van der Waals surface area (Å²) < 4.78 is 4.92. The largest absolute Gasteiger partial charge is 0.506 e. The van der Waals surface area contributed by atoms with Crippen molar-refractivity contribution >= 4 is 11.7 Å². The van der Waals surface area contributed by atoms with E-state index in [4.69, 9.17) is 10.5 Å². The minimum atomic E-state index is 0.0593. The number of benzene rings is 1. The van der Waals surface area contributed by atoms with Crippen LogP contribution in [0.2, 0.25) is 0 Å². The molecule has 0 radical (unpaired) electrons. The summed E-state index contributed by atoms with van der Waals surface area (Å²) in [5.41, 5.74) is 5.81. The number of rotatable bonds is 2. The minimum Gasteiger partial charge on any atom is -0.506 e. The molecule has 3 N–H and O–H groups in total. The summed E-state index contributed by atoms with van der Waals surface area (Å²) in [5.74, 6) is 0.0881. The summed E-state index contributed by atoms with van der Waals surface area (Å²) in [7, 11) is 0. The zero-order valence-electron chi connectivity index (χ0n) is 7.40. The SMILES string of the molecule is CCOC(N)=Nc1ccccc1O. The Morgan fingerprint density at radius 1 is 1.54 bits per heavy atom. The van der Waals surface area contributed by atoms with Gasteiger partial charge in [0.1, 0.15) is 11.4 Å². The van der Waals surface area contributed by atoms with E-state index in [1.54, 1.807) is 18.2 Å². The lowest BCUT2D eigenvalue weighted by Crippen LogP contribution is -2.15. The predicted octanol–water partition coefficient (Wildman–Crippen LogP) is 1.37. The van der Waals surface area contributed by atoms with Crippen LogP contribution in [0.25, 0.3) is 0 Å². The molecule has 0 saturated heterocycles. The van der Waals surface area contributed by atoms with E-state index in [1.165, 1.54) is 6.07 Å². The second-order valence-corrected chi connectivity index (χ2v) is 2.37. The molecular weight excluding hydrogens is 168 g/mol. The Morgan fingerprint density at radius 2 is 2.23 bits per heavy atom. The number of phenolic OH excluding ortho intramolecular Hbond substituents is 1. The Kier molecular flexibility index (Phi) is 3.14. The third-order valence-corrected chi connectivity index (χ3v) is 1.40. The first-order valence-corrected chi connectivity index (χ1v) is 3.99. The van der Waals surface area contributed by atoms with Gasteiger partial charge in [-0.3, -0.25) is 0 Å². The van der Waals surface area contributed by atoms with Crippen molar-refractivity contribution in [3.05, 3.63) is 24.3 Å². The fourth-order valence-electron chi connectivity index (χ4n) is 0.858. The standard InChI is InChI=1S/C9H12N2O2/c1-2-13-9(10)11-7-5-3-4-6-8(7)12/h3-6,12H,2H2,1H3,(H2,10,11). The molecule has 1 rings (SSSR count). The maximum Gasteiger partial charge on any atom is 0.287 e. The normalized spacial score (nSPS) is 11.3. The Balaban J connectivity index is 2.84. The maximum absolute atomic E-state index is 9.31. The van der Waals surface area contributed by atoms with Gasteiger partial charge in [0.2, 0.25) is 0 Å². The predicted molar refractivity (Wildman–Crippen MR) is 51.0 cm³/mol. The Morgan fingerprint density at radius 3 is 2.85 bits per heavy atom. The van der Waals surface area contributed by atoms with Gasteiger partial charge in [-0.25, -0.2) is 0 Å². The summed E-state index contributed by atoms with van der Waals surface area (Å²) in [6.45, 7) is 2.27. The van der Waals surface area contributed by atoms with Gasteiger partial charge in [-0.15, -0.1) is 0 Å². The van der Waals surface area contributed by atoms with E-state index in [1.807, 2.05) is 6.92 Å². The molecule has 0 bridgehead atoms. The molecule has 4 nitrogen and oxygen atoms in total. The number of nitrogens with two attached hydrogens (primary N) is 1. The third-order valence-electron chi connectivity index (χ3n) is 1.40. The van der Waals surface area contributed by atoms with Gasteiger partial charge in [0.15, 0.2) is 0 Å². The van der Waals surface area contributed by atoms with Crippen molar-refractivity contribution in [2.24, 2.45) is 10.7 Å². The van der Waals surface area contributed by atoms with Gasteiger partial charge in [-0.1, -0.05) is 12.1 Å². The number of aliphatic imine (C=N–C) groups is 1. The number of amidine groups is 1. The molecule has 1 aromatic carbocycles. The number of ether oxygens (including phenoxy) is 1. The number of hydrogen-bond acceptors (Lipinski definition) is 3. The number of phenols is 1. The van der Waals surface area contributed by atoms with Gasteiger partial charge < -0.3 is 15.6 Å². The van der Waals surface area contributed by atoms with Crippen LogP contribution in [-0.4, -0.2) is 17.7 Å². The molecule has 0 aromatic heterocycles. The molecule has 70 valence electrons. The number of aromatic hydroxyl groups is 1. The highest BCUT2D eigenvalue weighted by Gasteiger charge is 1.98. The highest BCUT2D eigenvalue weighted by atomic mass is 16.5. The van der Waals surface area contributed by atoms with Crippen LogP contribution in [0.4, 0.5) is 5.69 Å². The molecule has 0 unspecified atom stereocenters. The molecule has 0 atom stereocenters. The number of para-hydroxylation sites is 2. The fraction of sp³-hybridized carbons (Fsp3) is 0.222. The smallest absolute Gasteiger partial charge is 0.287 e. The fourth-order valence-corrected chi connectivity index (χ4v) is 0.858. The first-order chi connectivity index (χ1) is 6.24. The van der Waals surface area contributed by atoms with Crippen molar-refractivity contribution < 1.29 is 9.84 Å². The first kappa shape index (κ1) is 9.38. The van der Waals surface area contributed by atoms with E-state index in [-0.39, 0.29) is 11.8 Å². The van der Waals surface area contributed by atoms with E-state index in [9.17, 15) is 5.11 Å². The van der Waals surface area contributed by atoms with Crippen molar-refractivity contribution in [1.29, 1.82) is 0 Å². The van der Waals surface area contributed by atoms with Crippen molar-refractivity contribution in [3.63, 3.8) is 0 Å². The van der Waals surface area contributed by atoms with Crippen LogP contribution < -0.4 is 5.73 Å². The lowest BCUT2D eigenvalue weighted by atomic mass is 10.3. The highest BCUT2D eigenvalue weighted by molar-refractivity contribution is 5.76. The Bertz CT molecular complexity index is 310. The molecule has 4 heteroatoms. The average Bonchev–Trinajstić information content (AvgIpc) is 2.09. The molecule has 0 aliphatic rings. The molecule has 0 amide bonds. The number of nitrogens with zero attached hydrogens (tertiary/aromatic N) is 1. The zero-order valence-corrected chi connectivity index (χ0v) is 7.40. The summed E-state index contributed by atoms with van der Waals surface area (Å²) in [4.78, 5) is 3.87. The van der Waals surface area contributed by atoms with Gasteiger partial charge in [0, 0.05) is 0 Å². The van der Waals surface area contributed by atoms with Crippen LogP contribution in [0, 0.1) is 0 Å². The van der Waals surface area contributed by atoms with Gasteiger partial charge in [0.05, 0.1) is 6.61 Å². The topological polar surface area (TPSA) is 67.8 Å². The second-order valence-electron chi connectivity index (χ2n) is 2.37. The Labute approximate surface area is 76.7 Å².